The van der Waals surface area contributed by atoms with E-state index in [1.807, 2.05) is 0 Å². The second-order valence-electron chi connectivity index (χ2n) is 5.77. The first-order valence-corrected chi connectivity index (χ1v) is 8.62. The van der Waals surface area contributed by atoms with Gasteiger partial charge in [0.1, 0.15) is 0 Å². The van der Waals surface area contributed by atoms with E-state index in [9.17, 15) is 8.42 Å². The average Bonchev–Trinajstić information content (AvgIpc) is 2.82. The molecule has 2 aliphatic heterocycles. The molecule has 2 atom stereocenters. The van der Waals surface area contributed by atoms with Crippen LogP contribution in [0.25, 0.3) is 0 Å². The van der Waals surface area contributed by atoms with Gasteiger partial charge in [-0.1, -0.05) is 6.42 Å². The topological polar surface area (TPSA) is 78.7 Å². The number of nitrogens with two attached hydrogens (primary N) is 1. The van der Waals surface area contributed by atoms with Crippen molar-refractivity contribution in [2.45, 2.75) is 31.7 Å². The minimum atomic E-state index is -3.36. The Balaban J connectivity index is 1.89. The van der Waals surface area contributed by atoms with Crippen LogP contribution in [0, 0.1) is 5.92 Å². The Morgan fingerprint density at radius 3 is 2.68 bits per heavy atom. The highest BCUT2D eigenvalue weighted by Crippen LogP contribution is 2.19. The molecular weight excluding hydrogens is 264 g/mol. The van der Waals surface area contributed by atoms with Crippen LogP contribution in [0.5, 0.6) is 0 Å². The second-order valence-corrected chi connectivity index (χ2v) is 7.47. The molecule has 19 heavy (non-hydrogen) atoms. The van der Waals surface area contributed by atoms with Crippen LogP contribution in [-0.2, 0) is 10.2 Å². The van der Waals surface area contributed by atoms with Crippen molar-refractivity contribution >= 4 is 10.2 Å². The van der Waals surface area contributed by atoms with Crippen molar-refractivity contribution in [3.8, 4) is 0 Å². The predicted octanol–water partition coefficient (Wildman–Crippen LogP) is -0.414. The third-order valence-electron chi connectivity index (χ3n) is 4.20. The molecule has 6 nitrogen and oxygen atoms in total. The van der Waals surface area contributed by atoms with Gasteiger partial charge in [0.2, 0.25) is 0 Å². The van der Waals surface area contributed by atoms with Gasteiger partial charge in [-0.15, -0.1) is 0 Å². The van der Waals surface area contributed by atoms with Crippen LogP contribution >= 0.6 is 0 Å². The molecule has 0 spiro atoms. The zero-order valence-corrected chi connectivity index (χ0v) is 12.5. The number of hydrogen-bond acceptors (Lipinski definition) is 4. The third kappa shape index (κ3) is 3.88. The zero-order valence-electron chi connectivity index (χ0n) is 11.7. The number of rotatable bonds is 5. The van der Waals surface area contributed by atoms with Crippen molar-refractivity contribution in [2.75, 3.05) is 39.8 Å². The normalized spacial score (nSPS) is 30.8. The summed E-state index contributed by atoms with van der Waals surface area (Å²) in [7, 11) is -1.29. The van der Waals surface area contributed by atoms with Crippen molar-refractivity contribution in [2.24, 2.45) is 11.7 Å². The molecule has 7 heteroatoms. The molecule has 0 aromatic rings. The standard InChI is InChI=1S/C12H26N4O2S/c1-15-7-5-11(10-15)9-14-19(17,18)16-6-3-2-4-12(16)8-13/h11-12,14H,2-10,13H2,1H3. The lowest BCUT2D eigenvalue weighted by molar-refractivity contribution is 0.253. The smallest absolute Gasteiger partial charge is 0.279 e. The van der Waals surface area contributed by atoms with Crippen molar-refractivity contribution in [1.29, 1.82) is 0 Å². The molecule has 0 radical (unpaired) electrons. The van der Waals surface area contributed by atoms with Gasteiger partial charge in [0.05, 0.1) is 0 Å². The monoisotopic (exact) mass is 290 g/mol. The molecule has 0 amide bonds. The predicted molar refractivity (Wildman–Crippen MR) is 75.9 cm³/mol. The lowest BCUT2D eigenvalue weighted by Crippen LogP contribution is -2.52. The first kappa shape index (κ1) is 15.2. The van der Waals surface area contributed by atoms with Crippen LogP contribution in [0.1, 0.15) is 25.7 Å². The van der Waals surface area contributed by atoms with Gasteiger partial charge in [0.25, 0.3) is 10.2 Å². The summed E-state index contributed by atoms with van der Waals surface area (Å²) in [6, 6.07) is -0.0301. The van der Waals surface area contributed by atoms with E-state index in [0.717, 1.165) is 38.8 Å². The highest BCUT2D eigenvalue weighted by atomic mass is 32.2. The maximum Gasteiger partial charge on any atom is 0.279 e. The second kappa shape index (κ2) is 6.49. The Hall–Kier alpha value is -0.210. The molecule has 2 saturated heterocycles. The van der Waals surface area contributed by atoms with Gasteiger partial charge in [0, 0.05) is 32.2 Å². The fourth-order valence-corrected chi connectivity index (χ4v) is 4.59. The van der Waals surface area contributed by atoms with Crippen LogP contribution in [0.15, 0.2) is 0 Å². The molecule has 2 unspecified atom stereocenters. The molecule has 0 saturated carbocycles. The van der Waals surface area contributed by atoms with E-state index in [1.165, 1.54) is 0 Å². The van der Waals surface area contributed by atoms with Gasteiger partial charge in [-0.25, -0.2) is 4.72 Å². The Morgan fingerprint density at radius 1 is 1.26 bits per heavy atom. The SMILES string of the molecule is CN1CCC(CNS(=O)(=O)N2CCCCC2CN)C1. The Bertz CT molecular complexity index is 387. The van der Waals surface area contributed by atoms with Crippen LogP contribution in [-0.4, -0.2) is 63.4 Å². The maximum atomic E-state index is 12.3. The molecule has 0 aliphatic carbocycles. The van der Waals surface area contributed by atoms with Gasteiger partial charge in [-0.05, 0) is 38.8 Å². The molecule has 2 rings (SSSR count). The third-order valence-corrected chi connectivity index (χ3v) is 5.83. The largest absolute Gasteiger partial charge is 0.329 e. The minimum absolute atomic E-state index is 0.0301. The molecule has 0 bridgehead atoms. The summed E-state index contributed by atoms with van der Waals surface area (Å²) in [6.07, 6.45) is 3.95. The lowest BCUT2D eigenvalue weighted by Gasteiger charge is -2.34. The average molecular weight is 290 g/mol. The summed E-state index contributed by atoms with van der Waals surface area (Å²) in [4.78, 5) is 2.24. The lowest BCUT2D eigenvalue weighted by atomic mass is 10.1. The Labute approximate surface area is 116 Å². The summed E-state index contributed by atoms with van der Waals surface area (Å²) in [5.41, 5.74) is 5.69. The van der Waals surface area contributed by atoms with Crippen molar-refractivity contribution in [3.05, 3.63) is 0 Å². The van der Waals surface area contributed by atoms with Crippen molar-refractivity contribution in [3.63, 3.8) is 0 Å². The maximum absolute atomic E-state index is 12.3. The van der Waals surface area contributed by atoms with Gasteiger partial charge < -0.3 is 10.6 Å². The van der Waals surface area contributed by atoms with E-state index in [4.69, 9.17) is 5.73 Å². The summed E-state index contributed by atoms with van der Waals surface area (Å²) < 4.78 is 29.0. The molecule has 112 valence electrons. The summed E-state index contributed by atoms with van der Waals surface area (Å²) in [5.74, 6) is 0.431. The quantitative estimate of drug-likeness (QED) is 0.721. The first-order valence-electron chi connectivity index (χ1n) is 7.18. The fourth-order valence-electron chi connectivity index (χ4n) is 3.03. The summed E-state index contributed by atoms with van der Waals surface area (Å²) in [6.45, 7) is 3.58. The van der Waals surface area contributed by atoms with Gasteiger partial charge >= 0.3 is 0 Å². The molecule has 3 N–H and O–H groups in total. The number of hydrogen-bond donors (Lipinski definition) is 2. The molecular formula is C12H26N4O2S. The Morgan fingerprint density at radius 2 is 2.05 bits per heavy atom. The van der Waals surface area contributed by atoms with Gasteiger partial charge in [-0.2, -0.15) is 12.7 Å². The van der Waals surface area contributed by atoms with Crippen molar-refractivity contribution in [1.82, 2.24) is 13.9 Å². The molecule has 2 fully saturated rings. The van der Waals surface area contributed by atoms with Crippen molar-refractivity contribution < 1.29 is 8.42 Å². The molecule has 2 heterocycles. The van der Waals surface area contributed by atoms with E-state index in [-0.39, 0.29) is 6.04 Å². The number of piperidine rings is 1. The zero-order chi connectivity index (χ0) is 13.9. The summed E-state index contributed by atoms with van der Waals surface area (Å²) >= 11 is 0. The number of nitrogens with zero attached hydrogens (tertiary/aromatic N) is 2. The molecule has 0 aromatic heterocycles. The van der Waals surface area contributed by atoms with E-state index >= 15 is 0 Å². The summed E-state index contributed by atoms with van der Waals surface area (Å²) in [5, 5.41) is 0. The van der Waals surface area contributed by atoms with Crippen LogP contribution in [0.4, 0.5) is 0 Å². The number of nitrogens with one attached hydrogen (secondary N) is 1. The fraction of sp³-hybridized carbons (Fsp3) is 1.00. The molecule has 2 aliphatic rings. The Kier molecular flexibility index (Phi) is 5.19. The molecule has 0 aromatic carbocycles. The van der Waals surface area contributed by atoms with Crippen LogP contribution < -0.4 is 10.5 Å². The van der Waals surface area contributed by atoms with Crippen LogP contribution in [0.2, 0.25) is 0 Å². The van der Waals surface area contributed by atoms with E-state index in [1.54, 1.807) is 4.31 Å². The van der Waals surface area contributed by atoms with E-state index < -0.39 is 10.2 Å². The van der Waals surface area contributed by atoms with Gasteiger partial charge in [0.15, 0.2) is 0 Å². The highest BCUT2D eigenvalue weighted by Gasteiger charge is 2.32. The van der Waals surface area contributed by atoms with Crippen LogP contribution in [0.3, 0.4) is 0 Å². The van der Waals surface area contributed by atoms with E-state index in [0.29, 0.717) is 25.6 Å². The van der Waals surface area contributed by atoms with E-state index in [2.05, 4.69) is 16.7 Å². The van der Waals surface area contributed by atoms with Gasteiger partial charge in [-0.3, -0.25) is 0 Å². The first-order chi connectivity index (χ1) is 9.03. The highest BCUT2D eigenvalue weighted by molar-refractivity contribution is 7.87. The minimum Gasteiger partial charge on any atom is -0.329 e. The number of likely N-dealkylation sites (tertiary alicyclic amines) is 1.